The van der Waals surface area contributed by atoms with Gasteiger partial charge in [-0.15, -0.1) is 15.8 Å². The third-order valence-corrected chi connectivity index (χ3v) is 6.44. The lowest BCUT2D eigenvalue weighted by Crippen LogP contribution is -2.45. The number of carbonyl (C=O) groups is 3. The minimum atomic E-state index is -6.15. The Labute approximate surface area is 228 Å². The average Bonchev–Trinajstić information content (AvgIpc) is 3.60. The Kier molecular flexibility index (Phi) is 9.05. The van der Waals surface area contributed by atoms with Crippen molar-refractivity contribution in [3.63, 3.8) is 0 Å². The topological polar surface area (TPSA) is 107 Å². The first-order valence-corrected chi connectivity index (χ1v) is 12.1. The summed E-state index contributed by atoms with van der Waals surface area (Å²) in [5.74, 6) is 28.8. The Morgan fingerprint density at radius 2 is 1.20 bits per heavy atom. The molecule has 1 saturated carbocycles. The van der Waals surface area contributed by atoms with Gasteiger partial charge >= 0.3 is 21.3 Å². The summed E-state index contributed by atoms with van der Waals surface area (Å²) < 4.78 is 60.6. The lowest BCUT2D eigenvalue weighted by atomic mass is 9.85. The number of nitrogens with zero attached hydrogens (tertiary/aromatic N) is 1. The van der Waals surface area contributed by atoms with Crippen LogP contribution in [0.1, 0.15) is 6.42 Å². The molecule has 3 rings (SSSR count). The molecule has 0 aromatic rings. The minimum absolute atomic E-state index is 0.232. The number of hydrogen-bond acceptors (Lipinski definition) is 7. The smallest absolute Gasteiger partial charge is 0.366 e. The van der Waals surface area contributed by atoms with Gasteiger partial charge in [0.05, 0.1) is 11.8 Å². The standard InChI is InChI=1S/C29H9F2NO7S/c1-2-3-4-5-6-7-8-9-10-11-12-13-14-15-16-17-20-38-28(35)29(30,31)40(36,37)39-32-26(33)24-22-18-19-23(21-22)25(24)27(32)34/h1,18-19,22-25H,21H2. The van der Waals surface area contributed by atoms with Crippen molar-refractivity contribution in [3.05, 3.63) is 12.2 Å². The van der Waals surface area contributed by atoms with Crippen molar-refractivity contribution in [1.82, 2.24) is 5.06 Å². The van der Waals surface area contributed by atoms with Gasteiger partial charge in [-0.25, -0.2) is 4.79 Å². The average molecular weight is 553 g/mol. The van der Waals surface area contributed by atoms with Crippen LogP contribution in [0.5, 0.6) is 0 Å². The van der Waals surface area contributed by atoms with Crippen LogP contribution in [0, 0.1) is 131 Å². The van der Waals surface area contributed by atoms with Gasteiger partial charge in [-0.2, -0.15) is 17.2 Å². The first-order valence-electron chi connectivity index (χ1n) is 10.7. The van der Waals surface area contributed by atoms with Crippen LogP contribution in [-0.2, 0) is 33.5 Å². The summed E-state index contributed by atoms with van der Waals surface area (Å²) in [6.07, 6.45) is 10.3. The highest BCUT2D eigenvalue weighted by molar-refractivity contribution is 7.88. The van der Waals surface area contributed by atoms with Crippen molar-refractivity contribution in [1.29, 1.82) is 0 Å². The molecule has 1 saturated heterocycles. The molecule has 0 aromatic carbocycles. The largest absolute Gasteiger partial charge is 0.469 e. The van der Waals surface area contributed by atoms with E-state index in [1.54, 1.807) is 12.2 Å². The molecule has 192 valence electrons. The number of rotatable bonds is 4. The lowest BCUT2D eigenvalue weighted by molar-refractivity contribution is -0.170. The summed E-state index contributed by atoms with van der Waals surface area (Å²) in [4.78, 5) is 36.5. The van der Waals surface area contributed by atoms with Gasteiger partial charge in [0.25, 0.3) is 11.8 Å². The second kappa shape index (κ2) is 12.6. The van der Waals surface area contributed by atoms with Gasteiger partial charge < -0.3 is 4.74 Å². The highest BCUT2D eigenvalue weighted by atomic mass is 32.2. The van der Waals surface area contributed by atoms with E-state index in [4.69, 9.17) is 6.42 Å². The molecule has 0 radical (unpaired) electrons. The number of alkyl halides is 2. The van der Waals surface area contributed by atoms with Gasteiger partial charge in [0.2, 0.25) is 0 Å². The number of hydroxylamine groups is 2. The Morgan fingerprint density at radius 1 is 0.800 bits per heavy atom. The number of allylic oxidation sites excluding steroid dienone is 2. The molecular weight excluding hydrogens is 544 g/mol. The number of esters is 1. The minimum Gasteiger partial charge on any atom is -0.366 e. The molecule has 1 heterocycles. The molecule has 0 N–H and O–H groups in total. The van der Waals surface area contributed by atoms with E-state index in [1.165, 1.54) is 6.11 Å². The molecule has 2 amide bonds. The summed E-state index contributed by atoms with van der Waals surface area (Å²) in [6.45, 7) is 0. The van der Waals surface area contributed by atoms with E-state index in [2.05, 4.69) is 91.9 Å². The van der Waals surface area contributed by atoms with Crippen LogP contribution in [-0.4, -0.2) is 36.5 Å². The van der Waals surface area contributed by atoms with Gasteiger partial charge in [-0.05, 0) is 65.6 Å². The van der Waals surface area contributed by atoms with Crippen molar-refractivity contribution in [3.8, 4) is 107 Å². The van der Waals surface area contributed by atoms with E-state index in [-0.39, 0.29) is 16.9 Å². The van der Waals surface area contributed by atoms with Gasteiger partial charge in [-0.3, -0.25) is 9.59 Å². The summed E-state index contributed by atoms with van der Waals surface area (Å²) >= 11 is 0. The van der Waals surface area contributed by atoms with Crippen LogP contribution in [0.25, 0.3) is 0 Å². The molecule has 11 heteroatoms. The van der Waals surface area contributed by atoms with E-state index in [1.807, 2.05) is 11.8 Å². The first-order chi connectivity index (χ1) is 19.1. The zero-order chi connectivity index (χ0) is 29.2. The fraction of sp³-hybridized carbons (Fsp3) is 0.207. The number of fused-ring (bicyclic) bond motifs is 5. The van der Waals surface area contributed by atoms with Crippen molar-refractivity contribution < 1.29 is 40.6 Å². The fourth-order valence-electron chi connectivity index (χ4n) is 3.79. The Hall–Kier alpha value is -5.84. The van der Waals surface area contributed by atoms with Gasteiger partial charge in [-0.1, -0.05) is 12.2 Å². The van der Waals surface area contributed by atoms with E-state index >= 15 is 0 Å². The quantitative estimate of drug-likeness (QED) is 0.206. The number of hydrogen-bond donors (Lipinski definition) is 0. The third-order valence-electron chi connectivity index (χ3n) is 5.30. The van der Waals surface area contributed by atoms with E-state index in [0.29, 0.717) is 6.42 Å². The number of imide groups is 1. The molecule has 8 nitrogen and oxygen atoms in total. The van der Waals surface area contributed by atoms with Gasteiger partial charge in [0.15, 0.2) is 0 Å². The molecule has 40 heavy (non-hydrogen) atoms. The van der Waals surface area contributed by atoms with Crippen LogP contribution in [0.2, 0.25) is 0 Å². The summed E-state index contributed by atoms with van der Waals surface area (Å²) in [6, 6.07) is 0. The summed E-state index contributed by atoms with van der Waals surface area (Å²) in [5, 5.41) is -5.53. The Bertz CT molecular complexity index is 1850. The molecule has 1 aliphatic heterocycles. The van der Waals surface area contributed by atoms with Crippen LogP contribution in [0.3, 0.4) is 0 Å². The molecule has 0 aromatic heterocycles. The SMILES string of the molecule is C#CC#CC#CC#CC#CC#CC#CC#CC#COC(=O)C(F)(F)S(=O)(=O)ON1C(=O)C2C3C=CC(C3)C2C1=O. The van der Waals surface area contributed by atoms with Crippen molar-refractivity contribution in [2.24, 2.45) is 23.7 Å². The van der Waals surface area contributed by atoms with E-state index < -0.39 is 45.0 Å². The van der Waals surface area contributed by atoms with Crippen LogP contribution in [0.4, 0.5) is 8.78 Å². The second-order valence-corrected chi connectivity index (χ2v) is 9.10. The van der Waals surface area contributed by atoms with Crippen molar-refractivity contribution in [2.45, 2.75) is 11.7 Å². The molecule has 4 unspecified atom stereocenters. The fourth-order valence-corrected chi connectivity index (χ4v) is 4.48. The molecule has 4 atom stereocenters. The maximum Gasteiger partial charge on any atom is 0.469 e. The number of carbonyl (C=O) groups excluding carboxylic acids is 3. The Balaban J connectivity index is 1.52. The van der Waals surface area contributed by atoms with E-state index in [9.17, 15) is 31.6 Å². The molecule has 0 spiro atoms. The monoisotopic (exact) mass is 553 g/mol. The second-order valence-electron chi connectivity index (χ2n) is 7.53. The molecule has 2 aliphatic carbocycles. The maximum absolute atomic E-state index is 14.2. The maximum atomic E-state index is 14.2. The summed E-state index contributed by atoms with van der Waals surface area (Å²) in [5.41, 5.74) is 0. The van der Waals surface area contributed by atoms with Crippen LogP contribution < -0.4 is 0 Å². The van der Waals surface area contributed by atoms with Gasteiger partial charge in [0.1, 0.15) is 6.11 Å². The first kappa shape index (κ1) is 28.7. The number of ether oxygens (including phenoxy) is 1. The molecule has 3 aliphatic rings. The molecular formula is C29H9F2NO7S. The number of amides is 2. The number of terminal acetylenes is 1. The number of halogens is 2. The highest BCUT2D eigenvalue weighted by Crippen LogP contribution is 2.52. The normalized spacial score (nSPS) is 20.4. The zero-order valence-electron chi connectivity index (χ0n) is 19.7. The molecule has 2 fully saturated rings. The van der Waals surface area contributed by atoms with Gasteiger partial charge in [0, 0.05) is 47.4 Å². The van der Waals surface area contributed by atoms with E-state index in [0.717, 1.165) is 0 Å². The zero-order valence-corrected chi connectivity index (χ0v) is 20.5. The summed E-state index contributed by atoms with van der Waals surface area (Å²) in [7, 11) is -6.15. The van der Waals surface area contributed by atoms with Crippen molar-refractivity contribution in [2.75, 3.05) is 0 Å². The van der Waals surface area contributed by atoms with Crippen molar-refractivity contribution >= 4 is 27.9 Å². The predicted octanol–water partition coefficient (Wildman–Crippen LogP) is -0.191. The Morgan fingerprint density at radius 3 is 1.62 bits per heavy atom. The lowest BCUT2D eigenvalue weighted by Gasteiger charge is -2.18. The molecule has 2 bridgehead atoms. The highest BCUT2D eigenvalue weighted by Gasteiger charge is 2.64. The predicted molar refractivity (Wildman–Crippen MR) is 132 cm³/mol. The van der Waals surface area contributed by atoms with Crippen LogP contribution in [0.15, 0.2) is 12.2 Å². The van der Waals surface area contributed by atoms with Crippen LogP contribution >= 0.6 is 0 Å². The third kappa shape index (κ3) is 6.34.